The van der Waals surface area contributed by atoms with E-state index in [4.69, 9.17) is 4.74 Å². The molecule has 0 spiro atoms. The summed E-state index contributed by atoms with van der Waals surface area (Å²) < 4.78 is 4.78. The van der Waals surface area contributed by atoms with Crippen LogP contribution in [0.15, 0.2) is 24.3 Å². The number of rotatable bonds is 2. The van der Waals surface area contributed by atoms with Crippen LogP contribution < -0.4 is 0 Å². The van der Waals surface area contributed by atoms with E-state index in [1.165, 1.54) is 6.92 Å². The Bertz CT molecular complexity index is 229. The molecule has 0 aliphatic carbocycles. The molecule has 0 saturated heterocycles. The van der Waals surface area contributed by atoms with Crippen molar-refractivity contribution in [2.45, 2.75) is 13.5 Å². The fraction of sp³-hybridized carbons (Fsp3) is 0.222. The second kappa shape index (κ2) is 3.76. The summed E-state index contributed by atoms with van der Waals surface area (Å²) in [5, 5.41) is 0. The standard InChI is InChI=1S/C9H9O2/c1-8(10)11-7-9-5-3-2-4-6-9/h3-6H,7H2,1H3/q-1. The maximum Gasteiger partial charge on any atom is 0.302 e. The zero-order valence-electron chi connectivity index (χ0n) is 6.33. The molecular weight excluding hydrogens is 140 g/mol. The fourth-order valence-corrected chi connectivity index (χ4v) is 0.703. The van der Waals surface area contributed by atoms with E-state index in [-0.39, 0.29) is 5.97 Å². The van der Waals surface area contributed by atoms with E-state index in [1.54, 1.807) is 12.1 Å². The molecule has 0 N–H and O–H groups in total. The number of hydrogen-bond acceptors (Lipinski definition) is 2. The molecule has 0 aliphatic rings. The highest BCUT2D eigenvalue weighted by Gasteiger charge is 1.88. The Hall–Kier alpha value is -1.31. The van der Waals surface area contributed by atoms with Gasteiger partial charge in [0.1, 0.15) is 0 Å². The minimum atomic E-state index is -0.252. The van der Waals surface area contributed by atoms with Crippen LogP contribution in [0.2, 0.25) is 0 Å². The van der Waals surface area contributed by atoms with E-state index in [0.717, 1.165) is 5.56 Å². The maximum absolute atomic E-state index is 10.4. The van der Waals surface area contributed by atoms with Crippen molar-refractivity contribution in [3.05, 3.63) is 35.9 Å². The second-order valence-electron chi connectivity index (χ2n) is 2.19. The molecule has 11 heavy (non-hydrogen) atoms. The van der Waals surface area contributed by atoms with E-state index in [1.807, 2.05) is 12.1 Å². The van der Waals surface area contributed by atoms with Crippen molar-refractivity contribution in [1.82, 2.24) is 0 Å². The number of hydrogen-bond donors (Lipinski definition) is 0. The maximum atomic E-state index is 10.4. The van der Waals surface area contributed by atoms with Crippen molar-refractivity contribution >= 4 is 5.97 Å². The zero-order chi connectivity index (χ0) is 8.10. The van der Waals surface area contributed by atoms with Gasteiger partial charge in [0, 0.05) is 6.92 Å². The summed E-state index contributed by atoms with van der Waals surface area (Å²) in [4.78, 5) is 10.4. The molecule has 1 aromatic rings. The van der Waals surface area contributed by atoms with Gasteiger partial charge in [0.25, 0.3) is 0 Å². The molecule has 0 amide bonds. The molecule has 58 valence electrons. The Kier molecular flexibility index (Phi) is 2.66. The number of esters is 1. The van der Waals surface area contributed by atoms with Crippen molar-refractivity contribution in [3.8, 4) is 0 Å². The van der Waals surface area contributed by atoms with Gasteiger partial charge in [-0.3, -0.25) is 4.79 Å². The third-order valence-corrected chi connectivity index (χ3v) is 1.23. The van der Waals surface area contributed by atoms with Gasteiger partial charge >= 0.3 is 5.97 Å². The summed E-state index contributed by atoms with van der Waals surface area (Å²) in [6, 6.07) is 10.2. The molecule has 1 rings (SSSR count). The Morgan fingerprint density at radius 1 is 1.55 bits per heavy atom. The largest absolute Gasteiger partial charge is 0.463 e. The summed E-state index contributed by atoms with van der Waals surface area (Å²) in [6.45, 7) is 1.75. The average molecular weight is 149 g/mol. The average Bonchev–Trinajstić information content (AvgIpc) is 2.03. The molecule has 0 radical (unpaired) electrons. The first-order chi connectivity index (χ1) is 5.29. The topological polar surface area (TPSA) is 26.3 Å². The van der Waals surface area contributed by atoms with E-state index in [2.05, 4.69) is 6.07 Å². The van der Waals surface area contributed by atoms with E-state index >= 15 is 0 Å². The Labute approximate surface area is 65.8 Å². The van der Waals surface area contributed by atoms with Gasteiger partial charge < -0.3 is 4.74 Å². The first-order valence-electron chi connectivity index (χ1n) is 3.37. The van der Waals surface area contributed by atoms with Gasteiger partial charge in [0.15, 0.2) is 0 Å². The van der Waals surface area contributed by atoms with E-state index < -0.39 is 0 Å². The number of carbonyl (C=O) groups is 1. The number of benzene rings is 1. The van der Waals surface area contributed by atoms with Crippen LogP contribution in [0.4, 0.5) is 0 Å². The minimum absolute atomic E-state index is 0.252. The van der Waals surface area contributed by atoms with Crippen LogP contribution in [0.3, 0.4) is 0 Å². The van der Waals surface area contributed by atoms with Gasteiger partial charge in [-0.1, -0.05) is 0 Å². The first-order valence-corrected chi connectivity index (χ1v) is 3.37. The molecule has 0 saturated carbocycles. The lowest BCUT2D eigenvalue weighted by atomic mass is 10.2. The van der Waals surface area contributed by atoms with Crippen LogP contribution >= 0.6 is 0 Å². The number of carbonyl (C=O) groups excluding carboxylic acids is 1. The van der Waals surface area contributed by atoms with Crippen LogP contribution in [-0.2, 0) is 16.1 Å². The predicted molar refractivity (Wildman–Crippen MR) is 40.7 cm³/mol. The van der Waals surface area contributed by atoms with Gasteiger partial charge in [0.05, 0.1) is 6.61 Å². The Morgan fingerprint density at radius 3 is 2.73 bits per heavy atom. The third kappa shape index (κ3) is 2.85. The summed E-state index contributed by atoms with van der Waals surface area (Å²) in [7, 11) is 0. The summed E-state index contributed by atoms with van der Waals surface area (Å²) in [5.74, 6) is -0.252. The highest BCUT2D eigenvalue weighted by atomic mass is 16.5. The van der Waals surface area contributed by atoms with Crippen molar-refractivity contribution in [1.29, 1.82) is 0 Å². The summed E-state index contributed by atoms with van der Waals surface area (Å²) in [5.41, 5.74) is 0.985. The van der Waals surface area contributed by atoms with Crippen LogP contribution in [0.1, 0.15) is 12.5 Å². The lowest BCUT2D eigenvalue weighted by Gasteiger charge is -2.05. The molecule has 0 atom stereocenters. The fourth-order valence-electron chi connectivity index (χ4n) is 0.703. The predicted octanol–water partition coefficient (Wildman–Crippen LogP) is 1.55. The molecule has 1 aromatic carbocycles. The third-order valence-electron chi connectivity index (χ3n) is 1.23. The van der Waals surface area contributed by atoms with E-state index in [9.17, 15) is 4.79 Å². The molecule has 0 fully saturated rings. The molecule has 0 unspecified atom stereocenters. The second-order valence-corrected chi connectivity index (χ2v) is 2.19. The number of ether oxygens (including phenoxy) is 1. The van der Waals surface area contributed by atoms with Crippen LogP contribution in [0, 0.1) is 6.07 Å². The first kappa shape index (κ1) is 7.79. The molecule has 2 heteroatoms. The minimum Gasteiger partial charge on any atom is -0.463 e. The SMILES string of the molecule is CC(=O)OCc1cc[c-]cc1. The van der Waals surface area contributed by atoms with E-state index in [0.29, 0.717) is 6.61 Å². The van der Waals surface area contributed by atoms with Gasteiger partial charge in [-0.05, 0) is 0 Å². The van der Waals surface area contributed by atoms with Crippen molar-refractivity contribution in [2.75, 3.05) is 0 Å². The Balaban J connectivity index is 2.45. The lowest BCUT2D eigenvalue weighted by molar-refractivity contribution is -0.142. The van der Waals surface area contributed by atoms with Crippen molar-refractivity contribution in [3.63, 3.8) is 0 Å². The smallest absolute Gasteiger partial charge is 0.302 e. The molecule has 0 heterocycles. The lowest BCUT2D eigenvalue weighted by Crippen LogP contribution is -1.97. The molecule has 0 aromatic heterocycles. The van der Waals surface area contributed by atoms with Crippen molar-refractivity contribution in [2.24, 2.45) is 0 Å². The van der Waals surface area contributed by atoms with Gasteiger partial charge in [-0.15, -0.1) is 5.56 Å². The van der Waals surface area contributed by atoms with Crippen molar-refractivity contribution < 1.29 is 9.53 Å². The quantitative estimate of drug-likeness (QED) is 0.471. The highest BCUT2D eigenvalue weighted by molar-refractivity contribution is 5.65. The molecule has 2 nitrogen and oxygen atoms in total. The van der Waals surface area contributed by atoms with Gasteiger partial charge in [-0.2, -0.15) is 30.3 Å². The van der Waals surface area contributed by atoms with Gasteiger partial charge in [-0.25, -0.2) is 0 Å². The van der Waals surface area contributed by atoms with Crippen LogP contribution in [-0.4, -0.2) is 5.97 Å². The monoisotopic (exact) mass is 149 g/mol. The normalized spacial score (nSPS) is 9.18. The van der Waals surface area contributed by atoms with Crippen LogP contribution in [0.5, 0.6) is 0 Å². The highest BCUT2D eigenvalue weighted by Crippen LogP contribution is 1.99. The summed E-state index contributed by atoms with van der Waals surface area (Å²) >= 11 is 0. The van der Waals surface area contributed by atoms with Crippen LogP contribution in [0.25, 0.3) is 0 Å². The molecule has 0 aliphatic heterocycles. The summed E-state index contributed by atoms with van der Waals surface area (Å²) in [6.07, 6.45) is 0. The molecule has 0 bridgehead atoms. The molecular formula is C9H9O2-. The zero-order valence-corrected chi connectivity index (χ0v) is 6.33. The van der Waals surface area contributed by atoms with Gasteiger partial charge in [0.2, 0.25) is 0 Å². The Morgan fingerprint density at radius 2 is 2.18 bits per heavy atom.